The van der Waals surface area contributed by atoms with Crippen LogP contribution in [0.5, 0.6) is 5.75 Å². The molecule has 0 heterocycles. The first-order chi connectivity index (χ1) is 14.0. The van der Waals surface area contributed by atoms with Crippen molar-refractivity contribution in [3.8, 4) is 11.8 Å². The number of hydrogen-bond donors (Lipinski definition) is 1. The minimum Gasteiger partial charge on any atom is -0.489 e. The average Bonchev–Trinajstić information content (AvgIpc) is 2.72. The molecule has 0 bridgehead atoms. The van der Waals surface area contributed by atoms with Crippen molar-refractivity contribution in [2.45, 2.75) is 13.5 Å². The lowest BCUT2D eigenvalue weighted by Crippen LogP contribution is -2.13. The smallest absolute Gasteiger partial charge is 0.266 e. The van der Waals surface area contributed by atoms with Crippen LogP contribution in [0.1, 0.15) is 16.7 Å². The third kappa shape index (κ3) is 5.81. The first-order valence-corrected chi connectivity index (χ1v) is 9.80. The number of ether oxygens (including phenoxy) is 1. The zero-order chi connectivity index (χ0) is 20.6. The molecule has 1 N–H and O–H groups in total. The molecule has 0 aromatic heterocycles. The largest absolute Gasteiger partial charge is 0.489 e. The number of halogens is 1. The van der Waals surface area contributed by atoms with Crippen LogP contribution in [0.4, 0.5) is 5.69 Å². The number of rotatable bonds is 6. The van der Waals surface area contributed by atoms with Crippen molar-refractivity contribution in [3.63, 3.8) is 0 Å². The summed E-state index contributed by atoms with van der Waals surface area (Å²) in [4.78, 5) is 12.4. The van der Waals surface area contributed by atoms with Gasteiger partial charge in [0, 0.05) is 15.7 Å². The molecular weight excluding hydrogens is 428 g/mol. The van der Waals surface area contributed by atoms with E-state index in [4.69, 9.17) is 4.74 Å². The Morgan fingerprint density at radius 2 is 1.86 bits per heavy atom. The highest BCUT2D eigenvalue weighted by Crippen LogP contribution is 2.20. The van der Waals surface area contributed by atoms with E-state index in [0.29, 0.717) is 18.0 Å². The van der Waals surface area contributed by atoms with Gasteiger partial charge in [-0.3, -0.25) is 4.79 Å². The Kier molecular flexibility index (Phi) is 6.83. The Balaban J connectivity index is 1.66. The van der Waals surface area contributed by atoms with Gasteiger partial charge in [-0.2, -0.15) is 5.26 Å². The van der Waals surface area contributed by atoms with E-state index in [1.165, 1.54) is 0 Å². The maximum atomic E-state index is 12.4. The van der Waals surface area contributed by atoms with Gasteiger partial charge in [-0.05, 0) is 54.5 Å². The summed E-state index contributed by atoms with van der Waals surface area (Å²) < 4.78 is 6.80. The van der Waals surface area contributed by atoms with Gasteiger partial charge in [0.2, 0.25) is 0 Å². The predicted octanol–water partition coefficient (Wildman–Crippen LogP) is 5.88. The normalized spacial score (nSPS) is 10.9. The molecular formula is C24H19BrN2O2. The number of carbonyl (C=O) groups is 1. The van der Waals surface area contributed by atoms with Crippen LogP contribution < -0.4 is 10.1 Å². The molecule has 0 radical (unpaired) electrons. The van der Waals surface area contributed by atoms with Crippen molar-refractivity contribution in [3.05, 3.63) is 99.5 Å². The molecule has 3 aromatic rings. The molecule has 0 aliphatic rings. The van der Waals surface area contributed by atoms with E-state index in [-0.39, 0.29) is 5.57 Å². The van der Waals surface area contributed by atoms with Gasteiger partial charge in [0.25, 0.3) is 5.91 Å². The molecule has 5 heteroatoms. The highest BCUT2D eigenvalue weighted by atomic mass is 79.9. The van der Waals surface area contributed by atoms with Crippen molar-refractivity contribution >= 4 is 33.6 Å². The zero-order valence-corrected chi connectivity index (χ0v) is 17.4. The predicted molar refractivity (Wildman–Crippen MR) is 118 cm³/mol. The van der Waals surface area contributed by atoms with E-state index in [1.807, 2.05) is 79.7 Å². The molecule has 1 amide bonds. The van der Waals surface area contributed by atoms with E-state index >= 15 is 0 Å². The van der Waals surface area contributed by atoms with Crippen LogP contribution in [0, 0.1) is 18.3 Å². The summed E-state index contributed by atoms with van der Waals surface area (Å²) in [6, 6.07) is 24.5. The molecule has 0 unspecified atom stereocenters. The third-order valence-corrected chi connectivity index (χ3v) is 4.96. The van der Waals surface area contributed by atoms with Crippen molar-refractivity contribution in [1.29, 1.82) is 5.26 Å². The van der Waals surface area contributed by atoms with Gasteiger partial charge in [-0.1, -0.05) is 58.4 Å². The molecule has 0 spiro atoms. The second-order valence-electron chi connectivity index (χ2n) is 6.44. The van der Waals surface area contributed by atoms with Crippen LogP contribution in [0.3, 0.4) is 0 Å². The summed E-state index contributed by atoms with van der Waals surface area (Å²) in [7, 11) is 0. The second-order valence-corrected chi connectivity index (χ2v) is 7.30. The number of carbonyl (C=O) groups excluding carboxylic acids is 1. The van der Waals surface area contributed by atoms with Gasteiger partial charge in [-0.15, -0.1) is 0 Å². The number of benzene rings is 3. The Labute approximate surface area is 178 Å². The number of nitrogens with one attached hydrogen (secondary N) is 1. The van der Waals surface area contributed by atoms with Gasteiger partial charge in [0.15, 0.2) is 0 Å². The summed E-state index contributed by atoms with van der Waals surface area (Å²) in [5.41, 5.74) is 3.52. The van der Waals surface area contributed by atoms with Gasteiger partial charge in [0.05, 0.1) is 0 Å². The third-order valence-electron chi connectivity index (χ3n) is 4.18. The first kappa shape index (κ1) is 20.4. The van der Waals surface area contributed by atoms with Crippen molar-refractivity contribution < 1.29 is 9.53 Å². The quantitative estimate of drug-likeness (QED) is 0.379. The fraction of sp³-hybridized carbons (Fsp3) is 0.0833. The summed E-state index contributed by atoms with van der Waals surface area (Å²) in [5.74, 6) is 0.271. The molecule has 4 nitrogen and oxygen atoms in total. The monoisotopic (exact) mass is 446 g/mol. The topological polar surface area (TPSA) is 62.1 Å². The van der Waals surface area contributed by atoms with Crippen LogP contribution in [0.15, 0.2) is 82.8 Å². The van der Waals surface area contributed by atoms with Crippen LogP contribution in [-0.4, -0.2) is 5.91 Å². The summed E-state index contributed by atoms with van der Waals surface area (Å²) in [6.07, 6.45) is 1.56. The number of amides is 1. The lowest BCUT2D eigenvalue weighted by atomic mass is 10.1. The summed E-state index contributed by atoms with van der Waals surface area (Å²) in [6.45, 7) is 2.38. The molecule has 3 aromatic carbocycles. The number of anilines is 1. The van der Waals surface area contributed by atoms with Crippen molar-refractivity contribution in [1.82, 2.24) is 0 Å². The molecule has 0 aliphatic carbocycles. The lowest BCUT2D eigenvalue weighted by molar-refractivity contribution is -0.112. The maximum Gasteiger partial charge on any atom is 0.266 e. The lowest BCUT2D eigenvalue weighted by Gasteiger charge is -2.08. The number of nitriles is 1. The van der Waals surface area contributed by atoms with Crippen molar-refractivity contribution in [2.24, 2.45) is 0 Å². The fourth-order valence-corrected chi connectivity index (χ4v) is 3.07. The molecule has 0 atom stereocenters. The molecule has 0 saturated heterocycles. The number of nitrogens with zero attached hydrogens (tertiary/aromatic N) is 1. The van der Waals surface area contributed by atoms with Crippen LogP contribution >= 0.6 is 15.9 Å². The Morgan fingerprint density at radius 3 is 2.55 bits per heavy atom. The van der Waals surface area contributed by atoms with E-state index in [2.05, 4.69) is 21.2 Å². The zero-order valence-electron chi connectivity index (χ0n) is 15.9. The standard InChI is InChI=1S/C24H19BrN2O2/c1-17-5-4-7-21(13-17)27-24(28)20(15-26)14-18-9-11-22(12-10-18)29-16-19-6-2-3-8-23(19)25/h2-14H,16H2,1H3,(H,27,28)/b20-14+. The minimum absolute atomic E-state index is 0.0355. The van der Waals surface area contributed by atoms with Crippen LogP contribution in [0.2, 0.25) is 0 Å². The molecule has 144 valence electrons. The van der Waals surface area contributed by atoms with Gasteiger partial charge < -0.3 is 10.1 Å². The molecule has 0 fully saturated rings. The maximum absolute atomic E-state index is 12.4. The van der Waals surface area contributed by atoms with E-state index in [0.717, 1.165) is 21.2 Å². The highest BCUT2D eigenvalue weighted by Gasteiger charge is 2.10. The van der Waals surface area contributed by atoms with Crippen LogP contribution in [-0.2, 0) is 11.4 Å². The second kappa shape index (κ2) is 9.72. The van der Waals surface area contributed by atoms with E-state index in [1.54, 1.807) is 12.1 Å². The van der Waals surface area contributed by atoms with Gasteiger partial charge in [0.1, 0.15) is 24.0 Å². The van der Waals surface area contributed by atoms with E-state index in [9.17, 15) is 10.1 Å². The minimum atomic E-state index is -0.438. The number of hydrogen-bond acceptors (Lipinski definition) is 3. The highest BCUT2D eigenvalue weighted by molar-refractivity contribution is 9.10. The van der Waals surface area contributed by atoms with Crippen molar-refractivity contribution in [2.75, 3.05) is 5.32 Å². The summed E-state index contributed by atoms with van der Waals surface area (Å²) in [5, 5.41) is 12.1. The Bertz CT molecular complexity index is 1080. The Morgan fingerprint density at radius 1 is 1.10 bits per heavy atom. The van der Waals surface area contributed by atoms with Gasteiger partial charge in [-0.25, -0.2) is 0 Å². The van der Waals surface area contributed by atoms with Crippen LogP contribution in [0.25, 0.3) is 6.08 Å². The molecule has 0 saturated carbocycles. The molecule has 29 heavy (non-hydrogen) atoms. The van der Waals surface area contributed by atoms with Gasteiger partial charge >= 0.3 is 0 Å². The summed E-state index contributed by atoms with van der Waals surface area (Å²) >= 11 is 3.50. The molecule has 3 rings (SSSR count). The van der Waals surface area contributed by atoms with E-state index < -0.39 is 5.91 Å². The number of aryl methyl sites for hydroxylation is 1. The first-order valence-electron chi connectivity index (χ1n) is 9.01. The Hall–Kier alpha value is -3.36. The SMILES string of the molecule is Cc1cccc(NC(=O)/C(C#N)=C/c2ccc(OCc3ccccc3Br)cc2)c1. The molecule has 0 aliphatic heterocycles. The fourth-order valence-electron chi connectivity index (χ4n) is 2.67. The average molecular weight is 447 g/mol.